The predicted molar refractivity (Wildman–Crippen MR) is 134 cm³/mol. The number of imide groups is 2. The second kappa shape index (κ2) is 10.1. The smallest absolute Gasteiger partial charge is 0.335 e. The summed E-state index contributed by atoms with van der Waals surface area (Å²) < 4.78 is 6.58. The van der Waals surface area contributed by atoms with Gasteiger partial charge in [0.25, 0.3) is 11.8 Å². The largest absolute Gasteiger partial charge is 0.488 e. The molecule has 0 atom stereocenters. The summed E-state index contributed by atoms with van der Waals surface area (Å²) in [6, 6.07) is 19.8. The Morgan fingerprint density at radius 3 is 2.44 bits per heavy atom. The molecule has 1 saturated heterocycles. The molecule has 1 fully saturated rings. The minimum absolute atomic E-state index is 0.120. The van der Waals surface area contributed by atoms with Crippen LogP contribution in [0.2, 0.25) is 0 Å². The van der Waals surface area contributed by atoms with Crippen molar-refractivity contribution in [3.8, 4) is 5.75 Å². The lowest BCUT2D eigenvalue weighted by atomic mass is 10.0. The first-order valence-corrected chi connectivity index (χ1v) is 11.6. The molecule has 1 aliphatic heterocycles. The van der Waals surface area contributed by atoms with Gasteiger partial charge in [0.05, 0.1) is 10.2 Å². The van der Waals surface area contributed by atoms with Crippen LogP contribution >= 0.6 is 15.9 Å². The maximum absolute atomic E-state index is 13.2. The van der Waals surface area contributed by atoms with E-state index in [2.05, 4.69) is 21.2 Å². The van der Waals surface area contributed by atoms with Crippen molar-refractivity contribution in [1.82, 2.24) is 5.32 Å². The SMILES string of the molecule is CCc1ccccc1N1C(=O)NC(=O)/C(=C/c2ccc(OCc3ccc(C)cc3)c(Br)c2)C1=O. The molecule has 6 nitrogen and oxygen atoms in total. The number of urea groups is 1. The van der Waals surface area contributed by atoms with E-state index in [0.29, 0.717) is 34.5 Å². The van der Waals surface area contributed by atoms with E-state index < -0.39 is 17.8 Å². The van der Waals surface area contributed by atoms with Gasteiger partial charge in [-0.25, -0.2) is 9.69 Å². The van der Waals surface area contributed by atoms with Crippen LogP contribution < -0.4 is 15.0 Å². The summed E-state index contributed by atoms with van der Waals surface area (Å²) in [5, 5.41) is 2.27. The molecule has 0 bridgehead atoms. The zero-order chi connectivity index (χ0) is 24.2. The van der Waals surface area contributed by atoms with Crippen LogP contribution in [0.15, 0.2) is 76.8 Å². The highest BCUT2D eigenvalue weighted by molar-refractivity contribution is 9.10. The molecule has 0 saturated carbocycles. The number of ether oxygens (including phenoxy) is 1. The number of carbonyl (C=O) groups is 3. The third-order valence-corrected chi connectivity index (χ3v) is 6.12. The van der Waals surface area contributed by atoms with Gasteiger partial charge in [0.1, 0.15) is 17.9 Å². The highest BCUT2D eigenvalue weighted by Crippen LogP contribution is 2.29. The van der Waals surface area contributed by atoms with Crippen molar-refractivity contribution in [1.29, 1.82) is 0 Å². The molecule has 4 amide bonds. The van der Waals surface area contributed by atoms with Gasteiger partial charge in [0.15, 0.2) is 0 Å². The number of aryl methyl sites for hydroxylation is 2. The Labute approximate surface area is 206 Å². The fourth-order valence-corrected chi connectivity index (χ4v) is 4.15. The second-order valence-electron chi connectivity index (χ2n) is 7.90. The van der Waals surface area contributed by atoms with Crippen molar-refractivity contribution in [2.24, 2.45) is 0 Å². The van der Waals surface area contributed by atoms with Crippen LogP contribution in [-0.2, 0) is 22.6 Å². The number of halogens is 1. The Morgan fingerprint density at radius 1 is 1.00 bits per heavy atom. The monoisotopic (exact) mass is 518 g/mol. The van der Waals surface area contributed by atoms with Crippen LogP contribution in [0.25, 0.3) is 6.08 Å². The van der Waals surface area contributed by atoms with Crippen molar-refractivity contribution in [2.45, 2.75) is 26.9 Å². The van der Waals surface area contributed by atoms with Crippen LogP contribution in [0.4, 0.5) is 10.5 Å². The maximum atomic E-state index is 13.2. The van der Waals surface area contributed by atoms with E-state index in [-0.39, 0.29) is 5.57 Å². The molecule has 0 aliphatic carbocycles. The predicted octanol–water partition coefficient (Wildman–Crippen LogP) is 5.57. The van der Waals surface area contributed by atoms with Gasteiger partial charge in [-0.3, -0.25) is 14.9 Å². The molecule has 1 N–H and O–H groups in total. The average Bonchev–Trinajstić information content (AvgIpc) is 2.82. The molecule has 1 heterocycles. The molecule has 3 aromatic rings. The normalized spacial score (nSPS) is 15.0. The number of anilines is 1. The second-order valence-corrected chi connectivity index (χ2v) is 8.76. The number of hydrogen-bond donors (Lipinski definition) is 1. The third kappa shape index (κ3) is 4.94. The number of nitrogens with zero attached hydrogens (tertiary/aromatic N) is 1. The highest BCUT2D eigenvalue weighted by atomic mass is 79.9. The standard InChI is InChI=1S/C27H23BrN2O4/c1-3-20-6-4-5-7-23(20)30-26(32)21(25(31)29-27(30)33)14-19-12-13-24(22(28)15-19)34-16-18-10-8-17(2)9-11-18/h4-15H,3,16H2,1-2H3,(H,29,31,33)/b21-14-. The summed E-state index contributed by atoms with van der Waals surface area (Å²) in [7, 11) is 0. The van der Waals surface area contributed by atoms with Gasteiger partial charge in [-0.05, 0) is 70.2 Å². The van der Waals surface area contributed by atoms with E-state index in [1.807, 2.05) is 50.2 Å². The molecular weight excluding hydrogens is 496 g/mol. The van der Waals surface area contributed by atoms with Crippen LogP contribution in [-0.4, -0.2) is 17.8 Å². The Bertz CT molecular complexity index is 1300. The fraction of sp³-hybridized carbons (Fsp3) is 0.148. The lowest BCUT2D eigenvalue weighted by Crippen LogP contribution is -2.54. The lowest BCUT2D eigenvalue weighted by molar-refractivity contribution is -0.122. The molecule has 34 heavy (non-hydrogen) atoms. The molecule has 172 valence electrons. The van der Waals surface area contributed by atoms with Crippen molar-refractivity contribution in [3.63, 3.8) is 0 Å². The minimum Gasteiger partial charge on any atom is -0.488 e. The Balaban J connectivity index is 1.57. The zero-order valence-electron chi connectivity index (χ0n) is 18.8. The number of benzene rings is 3. The quantitative estimate of drug-likeness (QED) is 0.342. The number of nitrogens with one attached hydrogen (secondary N) is 1. The van der Waals surface area contributed by atoms with E-state index in [4.69, 9.17) is 4.74 Å². The van der Waals surface area contributed by atoms with Crippen LogP contribution in [0.5, 0.6) is 5.75 Å². The Hall–Kier alpha value is -3.71. The van der Waals surface area contributed by atoms with Gasteiger partial charge in [-0.1, -0.05) is 61.0 Å². The molecule has 0 aromatic heterocycles. The summed E-state index contributed by atoms with van der Waals surface area (Å²) in [6.07, 6.45) is 2.11. The molecule has 3 aromatic carbocycles. The van der Waals surface area contributed by atoms with E-state index in [0.717, 1.165) is 16.0 Å². The van der Waals surface area contributed by atoms with Crippen molar-refractivity contribution < 1.29 is 19.1 Å². The zero-order valence-corrected chi connectivity index (χ0v) is 20.4. The number of rotatable bonds is 6. The summed E-state index contributed by atoms with van der Waals surface area (Å²) >= 11 is 3.50. The average molecular weight is 519 g/mol. The summed E-state index contributed by atoms with van der Waals surface area (Å²) in [6.45, 7) is 4.38. The number of barbiturate groups is 1. The fourth-order valence-electron chi connectivity index (χ4n) is 3.64. The highest BCUT2D eigenvalue weighted by Gasteiger charge is 2.37. The van der Waals surface area contributed by atoms with Gasteiger partial charge in [0, 0.05) is 0 Å². The maximum Gasteiger partial charge on any atom is 0.335 e. The van der Waals surface area contributed by atoms with E-state index in [1.165, 1.54) is 11.6 Å². The molecule has 7 heteroatoms. The lowest BCUT2D eigenvalue weighted by Gasteiger charge is -2.28. The van der Waals surface area contributed by atoms with E-state index >= 15 is 0 Å². The number of para-hydroxylation sites is 1. The van der Waals surface area contributed by atoms with Gasteiger partial charge >= 0.3 is 6.03 Å². The van der Waals surface area contributed by atoms with Gasteiger partial charge < -0.3 is 4.74 Å². The Morgan fingerprint density at radius 2 is 1.74 bits per heavy atom. The number of hydrogen-bond acceptors (Lipinski definition) is 4. The summed E-state index contributed by atoms with van der Waals surface area (Å²) in [5.74, 6) is -0.752. The van der Waals surface area contributed by atoms with Crippen molar-refractivity contribution in [2.75, 3.05) is 4.90 Å². The van der Waals surface area contributed by atoms with Crippen molar-refractivity contribution in [3.05, 3.63) is 99.0 Å². The van der Waals surface area contributed by atoms with Crippen LogP contribution in [0.3, 0.4) is 0 Å². The minimum atomic E-state index is -0.755. The molecular formula is C27H23BrN2O4. The number of carbonyl (C=O) groups excluding carboxylic acids is 3. The first kappa shape index (κ1) is 23.4. The van der Waals surface area contributed by atoms with Gasteiger partial charge in [0.2, 0.25) is 0 Å². The molecule has 0 spiro atoms. The van der Waals surface area contributed by atoms with E-state index in [1.54, 1.807) is 30.3 Å². The first-order chi connectivity index (χ1) is 16.4. The molecule has 0 unspecified atom stereocenters. The third-order valence-electron chi connectivity index (χ3n) is 5.50. The first-order valence-electron chi connectivity index (χ1n) is 10.8. The van der Waals surface area contributed by atoms with Crippen LogP contribution in [0, 0.1) is 6.92 Å². The van der Waals surface area contributed by atoms with Crippen LogP contribution in [0.1, 0.15) is 29.2 Å². The molecule has 1 aliphatic rings. The van der Waals surface area contributed by atoms with Gasteiger partial charge in [-0.15, -0.1) is 0 Å². The van der Waals surface area contributed by atoms with E-state index in [9.17, 15) is 14.4 Å². The van der Waals surface area contributed by atoms with Crippen molar-refractivity contribution >= 4 is 45.5 Å². The summed E-state index contributed by atoms with van der Waals surface area (Å²) in [5.41, 5.74) is 4.02. The molecule has 0 radical (unpaired) electrons. The Kier molecular flexibility index (Phi) is 6.93. The molecule has 4 rings (SSSR count). The van der Waals surface area contributed by atoms with Gasteiger partial charge in [-0.2, -0.15) is 0 Å². The number of amides is 4. The topological polar surface area (TPSA) is 75.7 Å². The summed E-state index contributed by atoms with van der Waals surface area (Å²) in [4.78, 5) is 39.2.